The summed E-state index contributed by atoms with van der Waals surface area (Å²) in [5.74, 6) is 2.13. The van der Waals surface area contributed by atoms with Crippen LogP contribution in [0.2, 0.25) is 5.02 Å². The Morgan fingerprint density at radius 2 is 2.35 bits per heavy atom. The topological polar surface area (TPSA) is 62.1 Å². The Hall–Kier alpha value is -1.17. The number of hydrogen-bond acceptors (Lipinski definition) is 3. The van der Waals surface area contributed by atoms with E-state index in [0.29, 0.717) is 0 Å². The Labute approximate surface area is 144 Å². The molecule has 2 heterocycles. The van der Waals surface area contributed by atoms with Crippen LogP contribution in [0.25, 0.3) is 10.9 Å². The first-order valence-corrected chi connectivity index (χ1v) is 9.58. The van der Waals surface area contributed by atoms with Gasteiger partial charge in [-0.25, -0.2) is 0 Å². The summed E-state index contributed by atoms with van der Waals surface area (Å²) in [5.41, 5.74) is 10.0. The number of nitrogens with two attached hydrogens (primary N) is 1. The van der Waals surface area contributed by atoms with Gasteiger partial charge in [0, 0.05) is 33.9 Å². The monoisotopic (exact) mass is 349 g/mol. The van der Waals surface area contributed by atoms with Crippen molar-refractivity contribution in [2.24, 2.45) is 11.7 Å². The van der Waals surface area contributed by atoms with Gasteiger partial charge in [0.05, 0.1) is 11.9 Å². The molecule has 1 aromatic heterocycles. The Balaban J connectivity index is 1.59. The number of nitrogens with zero attached hydrogens (tertiary/aromatic N) is 1. The van der Waals surface area contributed by atoms with Gasteiger partial charge >= 0.3 is 0 Å². The molecule has 6 heteroatoms. The second-order valence-electron chi connectivity index (χ2n) is 6.44. The Kier molecular flexibility index (Phi) is 4.03. The number of halogens is 1. The van der Waals surface area contributed by atoms with Crippen molar-refractivity contribution in [3.05, 3.63) is 34.5 Å². The van der Waals surface area contributed by atoms with Gasteiger partial charge in [-0.05, 0) is 48.9 Å². The molecule has 2 aromatic rings. The van der Waals surface area contributed by atoms with Crippen molar-refractivity contribution in [2.45, 2.75) is 25.3 Å². The maximum atomic E-state index is 12.6. The summed E-state index contributed by atoms with van der Waals surface area (Å²) in [5, 5.41) is 1.92. The van der Waals surface area contributed by atoms with E-state index in [1.165, 1.54) is 16.6 Å². The smallest absolute Gasteiger partial charge is 0.240 e. The molecule has 1 saturated heterocycles. The molecule has 1 aliphatic heterocycles. The molecule has 4 nitrogen and oxygen atoms in total. The molecule has 122 valence electrons. The first kappa shape index (κ1) is 15.4. The predicted molar refractivity (Wildman–Crippen MR) is 95.8 cm³/mol. The minimum absolute atomic E-state index is 0.112. The van der Waals surface area contributed by atoms with Crippen molar-refractivity contribution in [3.8, 4) is 0 Å². The molecule has 2 aliphatic rings. The van der Waals surface area contributed by atoms with E-state index in [0.717, 1.165) is 48.0 Å². The number of benzene rings is 1. The van der Waals surface area contributed by atoms with Gasteiger partial charge in [-0.3, -0.25) is 4.79 Å². The van der Waals surface area contributed by atoms with Gasteiger partial charge < -0.3 is 15.6 Å². The van der Waals surface area contributed by atoms with Crippen molar-refractivity contribution in [2.75, 3.05) is 18.2 Å². The highest BCUT2D eigenvalue weighted by molar-refractivity contribution is 7.99. The minimum Gasteiger partial charge on any atom is -0.358 e. The molecular weight excluding hydrogens is 330 g/mol. The fourth-order valence-corrected chi connectivity index (χ4v) is 4.85. The van der Waals surface area contributed by atoms with E-state index in [2.05, 4.69) is 4.98 Å². The van der Waals surface area contributed by atoms with Gasteiger partial charge in [0.1, 0.15) is 0 Å². The molecule has 1 unspecified atom stereocenters. The molecule has 3 N–H and O–H groups in total. The highest BCUT2D eigenvalue weighted by Gasteiger charge is 2.33. The molecule has 4 rings (SSSR count). The molecule has 1 aromatic carbocycles. The summed E-state index contributed by atoms with van der Waals surface area (Å²) in [6.45, 7) is 0.831. The summed E-state index contributed by atoms with van der Waals surface area (Å²) in [6.07, 6.45) is 2.76. The van der Waals surface area contributed by atoms with Gasteiger partial charge in [0.25, 0.3) is 0 Å². The third-order valence-corrected chi connectivity index (χ3v) is 6.25. The van der Waals surface area contributed by atoms with Crippen LogP contribution in [0.5, 0.6) is 0 Å². The van der Waals surface area contributed by atoms with Gasteiger partial charge in [-0.1, -0.05) is 11.6 Å². The Morgan fingerprint density at radius 1 is 1.48 bits per heavy atom. The molecule has 1 aliphatic carbocycles. The number of fused-ring (bicyclic) bond motifs is 3. The van der Waals surface area contributed by atoms with E-state index in [9.17, 15) is 4.79 Å². The van der Waals surface area contributed by atoms with Crippen LogP contribution in [0.1, 0.15) is 17.7 Å². The van der Waals surface area contributed by atoms with Crippen LogP contribution in [0.4, 0.5) is 0 Å². The van der Waals surface area contributed by atoms with Crippen molar-refractivity contribution in [3.63, 3.8) is 0 Å². The zero-order valence-electron chi connectivity index (χ0n) is 12.8. The average Bonchev–Trinajstić information content (AvgIpc) is 3.20. The van der Waals surface area contributed by atoms with Crippen molar-refractivity contribution >= 4 is 40.2 Å². The molecule has 1 amide bonds. The first-order chi connectivity index (χ1) is 11.1. The number of carbonyl (C=O) groups is 1. The standard InChI is InChI=1S/C17H20ClN3OS/c18-11-2-4-15-13(8-11)12-7-10(1-3-14(12)20-15)16(19)17(22)21-5-6-23-9-21/h2,4,8,10,16,20H,1,3,5-7,9,19H2/t10?,16-/m0/s1. The van der Waals surface area contributed by atoms with E-state index >= 15 is 0 Å². The zero-order chi connectivity index (χ0) is 16.0. The van der Waals surface area contributed by atoms with Gasteiger partial charge in [-0.2, -0.15) is 0 Å². The van der Waals surface area contributed by atoms with Crippen LogP contribution < -0.4 is 5.73 Å². The molecule has 2 atom stereocenters. The normalized spacial score (nSPS) is 22.3. The third-order valence-electron chi connectivity index (χ3n) is 5.05. The molecule has 0 bridgehead atoms. The lowest BCUT2D eigenvalue weighted by molar-refractivity contribution is -0.132. The first-order valence-electron chi connectivity index (χ1n) is 8.04. The number of H-pyrrole nitrogens is 1. The second-order valence-corrected chi connectivity index (χ2v) is 7.95. The Bertz CT molecular complexity index is 754. The fourth-order valence-electron chi connectivity index (χ4n) is 3.72. The number of amides is 1. The summed E-state index contributed by atoms with van der Waals surface area (Å²) in [6, 6.07) is 5.55. The minimum atomic E-state index is -0.397. The van der Waals surface area contributed by atoms with Crippen LogP contribution in [0.3, 0.4) is 0 Å². The largest absolute Gasteiger partial charge is 0.358 e. The highest BCUT2D eigenvalue weighted by atomic mass is 35.5. The van der Waals surface area contributed by atoms with Gasteiger partial charge in [0.15, 0.2) is 0 Å². The SMILES string of the molecule is N[C@H](C(=O)N1CCSC1)C1CCc2[nH]c3ccc(Cl)cc3c2C1. The van der Waals surface area contributed by atoms with Crippen LogP contribution in [0, 0.1) is 5.92 Å². The summed E-state index contributed by atoms with van der Waals surface area (Å²) in [4.78, 5) is 18.0. The van der Waals surface area contributed by atoms with Crippen LogP contribution in [0.15, 0.2) is 18.2 Å². The number of carbonyl (C=O) groups excluding carboxylic acids is 1. The van der Waals surface area contributed by atoms with Crippen LogP contribution >= 0.6 is 23.4 Å². The van der Waals surface area contributed by atoms with Crippen molar-refractivity contribution in [1.82, 2.24) is 9.88 Å². The second kappa shape index (κ2) is 6.04. The number of hydrogen-bond donors (Lipinski definition) is 2. The summed E-state index contributed by atoms with van der Waals surface area (Å²) in [7, 11) is 0. The maximum Gasteiger partial charge on any atom is 0.240 e. The van der Waals surface area contributed by atoms with E-state index in [4.69, 9.17) is 17.3 Å². The fraction of sp³-hybridized carbons (Fsp3) is 0.471. The summed E-state index contributed by atoms with van der Waals surface area (Å²) >= 11 is 7.95. The Morgan fingerprint density at radius 3 is 3.13 bits per heavy atom. The highest BCUT2D eigenvalue weighted by Crippen LogP contribution is 2.34. The van der Waals surface area contributed by atoms with E-state index in [1.807, 2.05) is 23.1 Å². The number of aromatic amines is 1. The molecular formula is C17H20ClN3OS. The quantitative estimate of drug-likeness (QED) is 0.876. The lowest BCUT2D eigenvalue weighted by atomic mass is 9.81. The van der Waals surface area contributed by atoms with E-state index in [1.54, 1.807) is 11.8 Å². The number of nitrogens with one attached hydrogen (secondary N) is 1. The van der Waals surface area contributed by atoms with Gasteiger partial charge in [0.2, 0.25) is 5.91 Å². The predicted octanol–water partition coefficient (Wildman–Crippen LogP) is 2.79. The zero-order valence-corrected chi connectivity index (χ0v) is 14.4. The molecule has 1 fully saturated rings. The molecule has 0 spiro atoms. The van der Waals surface area contributed by atoms with E-state index in [-0.39, 0.29) is 11.8 Å². The lowest BCUT2D eigenvalue weighted by Crippen LogP contribution is -2.48. The third kappa shape index (κ3) is 2.75. The number of aromatic nitrogens is 1. The lowest BCUT2D eigenvalue weighted by Gasteiger charge is -2.29. The molecule has 0 saturated carbocycles. The van der Waals surface area contributed by atoms with Crippen molar-refractivity contribution < 1.29 is 4.79 Å². The molecule has 23 heavy (non-hydrogen) atoms. The number of aryl methyl sites for hydroxylation is 1. The van der Waals surface area contributed by atoms with Crippen LogP contribution in [-0.4, -0.2) is 40.0 Å². The number of rotatable bonds is 2. The number of thioether (sulfide) groups is 1. The van der Waals surface area contributed by atoms with E-state index < -0.39 is 6.04 Å². The van der Waals surface area contributed by atoms with Crippen LogP contribution in [-0.2, 0) is 17.6 Å². The van der Waals surface area contributed by atoms with Crippen molar-refractivity contribution in [1.29, 1.82) is 0 Å². The van der Waals surface area contributed by atoms with Gasteiger partial charge in [-0.15, -0.1) is 11.8 Å². The molecule has 0 radical (unpaired) electrons. The average molecular weight is 350 g/mol. The summed E-state index contributed by atoms with van der Waals surface area (Å²) < 4.78 is 0. The maximum absolute atomic E-state index is 12.6.